The van der Waals surface area contributed by atoms with E-state index >= 15 is 0 Å². The predicted octanol–water partition coefficient (Wildman–Crippen LogP) is 3.65. The van der Waals surface area contributed by atoms with Crippen LogP contribution in [0.1, 0.15) is 43.9 Å². The highest BCUT2D eigenvalue weighted by Gasteiger charge is 2.35. The first-order valence-corrected chi connectivity index (χ1v) is 12.2. The number of carbonyl (C=O) groups is 1. The Labute approximate surface area is 193 Å². The van der Waals surface area contributed by atoms with Crippen molar-refractivity contribution in [1.82, 2.24) is 4.57 Å². The number of fused-ring (bicyclic) bond motifs is 1. The van der Waals surface area contributed by atoms with Gasteiger partial charge in [0.2, 0.25) is 0 Å². The zero-order valence-corrected chi connectivity index (χ0v) is 19.8. The number of allylic oxidation sites excluding steroid dienone is 1. The maximum absolute atomic E-state index is 13.6. The molecule has 0 aliphatic carbocycles. The fraction of sp³-hybridized carbons (Fsp3) is 0.292. The number of benzene rings is 1. The molecule has 166 valence electrons. The number of esters is 1. The van der Waals surface area contributed by atoms with Crippen molar-refractivity contribution >= 4 is 34.7 Å². The maximum Gasteiger partial charge on any atom is 0.338 e. The maximum atomic E-state index is 13.6. The molecule has 3 aromatic rings. The van der Waals surface area contributed by atoms with Crippen LogP contribution < -0.4 is 19.6 Å². The second-order valence-corrected chi connectivity index (χ2v) is 9.00. The molecule has 0 saturated carbocycles. The minimum absolute atomic E-state index is 0.187. The van der Waals surface area contributed by atoms with Crippen molar-refractivity contribution in [3.8, 4) is 5.75 Å². The molecule has 0 fully saturated rings. The van der Waals surface area contributed by atoms with Crippen LogP contribution in [0.25, 0.3) is 6.08 Å². The largest absolute Gasteiger partial charge is 0.496 e. The van der Waals surface area contributed by atoms with Gasteiger partial charge in [-0.2, -0.15) is 11.3 Å². The molecule has 1 aromatic carbocycles. The van der Waals surface area contributed by atoms with E-state index in [1.807, 2.05) is 54.1 Å². The molecule has 1 aliphatic rings. The Morgan fingerprint density at radius 3 is 2.75 bits per heavy atom. The number of nitrogens with zero attached hydrogens (tertiary/aromatic N) is 2. The van der Waals surface area contributed by atoms with E-state index in [0.29, 0.717) is 32.8 Å². The highest BCUT2D eigenvalue weighted by atomic mass is 32.1. The van der Waals surface area contributed by atoms with Crippen LogP contribution in [0.2, 0.25) is 0 Å². The van der Waals surface area contributed by atoms with Crippen LogP contribution in [0, 0.1) is 0 Å². The normalized spacial score (nSPS) is 16.0. The van der Waals surface area contributed by atoms with Gasteiger partial charge in [0, 0.05) is 5.56 Å². The van der Waals surface area contributed by atoms with Crippen LogP contribution in [-0.4, -0.2) is 24.3 Å². The van der Waals surface area contributed by atoms with E-state index in [0.717, 1.165) is 17.5 Å². The molecule has 4 rings (SSSR count). The monoisotopic (exact) mass is 468 g/mol. The summed E-state index contributed by atoms with van der Waals surface area (Å²) < 4.78 is 13.2. The fourth-order valence-electron chi connectivity index (χ4n) is 3.82. The lowest BCUT2D eigenvalue weighted by Crippen LogP contribution is -2.40. The van der Waals surface area contributed by atoms with Gasteiger partial charge in [-0.15, -0.1) is 0 Å². The second kappa shape index (κ2) is 9.67. The molecule has 0 radical (unpaired) electrons. The van der Waals surface area contributed by atoms with Crippen molar-refractivity contribution in [2.75, 3.05) is 13.7 Å². The summed E-state index contributed by atoms with van der Waals surface area (Å²) in [6, 6.07) is 8.75. The SMILES string of the molecule is CCCC1=C(C(=O)OCC)[C@H](c2ccccc2OC)n2c(s/c(=C/c3ccsc3)c2=O)=N1. The molecule has 0 bridgehead atoms. The topological polar surface area (TPSA) is 69.9 Å². The summed E-state index contributed by atoms with van der Waals surface area (Å²) in [5.74, 6) is 0.146. The van der Waals surface area contributed by atoms with Crippen molar-refractivity contribution < 1.29 is 14.3 Å². The number of rotatable bonds is 7. The summed E-state index contributed by atoms with van der Waals surface area (Å²) in [5.41, 5.74) is 2.56. The molecule has 2 aromatic heterocycles. The first kappa shape index (κ1) is 22.2. The van der Waals surface area contributed by atoms with Crippen LogP contribution in [0.5, 0.6) is 5.75 Å². The molecule has 8 heteroatoms. The lowest BCUT2D eigenvalue weighted by Gasteiger charge is -2.26. The zero-order valence-electron chi connectivity index (χ0n) is 18.2. The van der Waals surface area contributed by atoms with Gasteiger partial charge in [0.25, 0.3) is 5.56 Å². The lowest BCUT2D eigenvalue weighted by atomic mass is 9.93. The molecule has 3 heterocycles. The zero-order chi connectivity index (χ0) is 22.7. The standard InChI is InChI=1S/C24H24N2O4S2/c1-4-8-17-20(23(28)30-5-2)21(16-9-6-7-10-18(16)29-3)26-22(27)19(32-24(26)25-17)13-15-11-12-31-14-15/h6-7,9-14,21H,4-5,8H2,1-3H3/b19-13+/t21-/m0/s1. The van der Waals surface area contributed by atoms with Crippen molar-refractivity contribution in [2.24, 2.45) is 4.99 Å². The van der Waals surface area contributed by atoms with Crippen molar-refractivity contribution in [3.05, 3.63) is 83.2 Å². The highest BCUT2D eigenvalue weighted by molar-refractivity contribution is 7.08. The minimum atomic E-state index is -0.673. The first-order valence-electron chi connectivity index (χ1n) is 10.5. The number of para-hydroxylation sites is 1. The van der Waals surface area contributed by atoms with Gasteiger partial charge in [-0.3, -0.25) is 9.36 Å². The number of ether oxygens (including phenoxy) is 2. The Bertz CT molecular complexity index is 1330. The lowest BCUT2D eigenvalue weighted by molar-refractivity contribution is -0.139. The summed E-state index contributed by atoms with van der Waals surface area (Å²) in [5, 5.41) is 3.96. The van der Waals surface area contributed by atoms with E-state index in [1.54, 1.807) is 29.9 Å². The first-order chi connectivity index (χ1) is 15.6. The van der Waals surface area contributed by atoms with Crippen molar-refractivity contribution in [2.45, 2.75) is 32.7 Å². The van der Waals surface area contributed by atoms with E-state index in [-0.39, 0.29) is 12.2 Å². The summed E-state index contributed by atoms with van der Waals surface area (Å²) in [4.78, 5) is 32.1. The van der Waals surface area contributed by atoms with Crippen LogP contribution in [0.4, 0.5) is 0 Å². The predicted molar refractivity (Wildman–Crippen MR) is 127 cm³/mol. The average molecular weight is 469 g/mol. The van der Waals surface area contributed by atoms with E-state index in [2.05, 4.69) is 0 Å². The van der Waals surface area contributed by atoms with Gasteiger partial charge in [-0.05, 0) is 47.9 Å². The van der Waals surface area contributed by atoms with E-state index in [1.165, 1.54) is 11.3 Å². The summed E-state index contributed by atoms with van der Waals surface area (Å²) in [6.07, 6.45) is 3.28. The quantitative estimate of drug-likeness (QED) is 0.497. The molecule has 0 saturated heterocycles. The van der Waals surface area contributed by atoms with Gasteiger partial charge in [-0.25, -0.2) is 9.79 Å². The molecule has 1 aliphatic heterocycles. The number of carbonyl (C=O) groups excluding carboxylic acids is 1. The Morgan fingerprint density at radius 1 is 1.25 bits per heavy atom. The van der Waals surface area contributed by atoms with Crippen molar-refractivity contribution in [3.63, 3.8) is 0 Å². The average Bonchev–Trinajstić information content (AvgIpc) is 3.41. The van der Waals surface area contributed by atoms with Crippen LogP contribution in [0.15, 0.2) is 62.1 Å². The second-order valence-electron chi connectivity index (χ2n) is 7.21. The van der Waals surface area contributed by atoms with Crippen molar-refractivity contribution in [1.29, 1.82) is 0 Å². The third kappa shape index (κ3) is 4.08. The molecule has 6 nitrogen and oxygen atoms in total. The number of hydrogen-bond acceptors (Lipinski definition) is 7. The van der Waals surface area contributed by atoms with Crippen LogP contribution >= 0.6 is 22.7 Å². The van der Waals surface area contributed by atoms with Gasteiger partial charge in [-0.1, -0.05) is 42.9 Å². The van der Waals surface area contributed by atoms with E-state index < -0.39 is 12.0 Å². The molecule has 1 atom stereocenters. The number of aromatic nitrogens is 1. The smallest absolute Gasteiger partial charge is 0.338 e. The Morgan fingerprint density at radius 2 is 2.06 bits per heavy atom. The molecule has 0 amide bonds. The highest BCUT2D eigenvalue weighted by Crippen LogP contribution is 2.36. The third-order valence-electron chi connectivity index (χ3n) is 5.17. The van der Waals surface area contributed by atoms with Gasteiger partial charge in [0.05, 0.1) is 29.5 Å². The molecular formula is C24H24N2O4S2. The number of thiazole rings is 1. The van der Waals surface area contributed by atoms with E-state index in [9.17, 15) is 9.59 Å². The van der Waals surface area contributed by atoms with Gasteiger partial charge >= 0.3 is 5.97 Å². The summed E-state index contributed by atoms with van der Waals surface area (Å²) in [6.45, 7) is 4.05. The summed E-state index contributed by atoms with van der Waals surface area (Å²) >= 11 is 2.91. The molecular weight excluding hydrogens is 444 g/mol. The van der Waals surface area contributed by atoms with E-state index in [4.69, 9.17) is 14.5 Å². The molecule has 32 heavy (non-hydrogen) atoms. The Hall–Kier alpha value is -2.97. The number of methoxy groups -OCH3 is 1. The molecule has 0 unspecified atom stereocenters. The van der Waals surface area contributed by atoms with Crippen LogP contribution in [0.3, 0.4) is 0 Å². The van der Waals surface area contributed by atoms with Gasteiger partial charge in [0.15, 0.2) is 4.80 Å². The van der Waals surface area contributed by atoms with Gasteiger partial charge in [0.1, 0.15) is 11.8 Å². The number of hydrogen-bond donors (Lipinski definition) is 0. The van der Waals surface area contributed by atoms with Gasteiger partial charge < -0.3 is 9.47 Å². The summed E-state index contributed by atoms with van der Waals surface area (Å²) in [7, 11) is 1.58. The molecule has 0 N–H and O–H groups in total. The number of thiophene rings is 1. The Kier molecular flexibility index (Phi) is 6.72. The fourth-order valence-corrected chi connectivity index (χ4v) is 5.45. The minimum Gasteiger partial charge on any atom is -0.496 e. The molecule has 0 spiro atoms. The Balaban J connectivity index is 2.04. The van der Waals surface area contributed by atoms with Crippen LogP contribution in [-0.2, 0) is 9.53 Å². The third-order valence-corrected chi connectivity index (χ3v) is 6.85.